The number of ether oxygens (including phenoxy) is 1. The quantitative estimate of drug-likeness (QED) is 0.322. The molecule has 0 fully saturated rings. The summed E-state index contributed by atoms with van der Waals surface area (Å²) in [4.78, 5) is 11.7. The van der Waals surface area contributed by atoms with Gasteiger partial charge < -0.3 is 10.1 Å². The van der Waals surface area contributed by atoms with Gasteiger partial charge in [-0.1, -0.05) is 11.6 Å². The van der Waals surface area contributed by atoms with Crippen molar-refractivity contribution in [2.45, 2.75) is 36.1 Å². The van der Waals surface area contributed by atoms with Crippen LogP contribution in [-0.2, 0) is 16.0 Å². The van der Waals surface area contributed by atoms with Crippen LogP contribution in [0.3, 0.4) is 0 Å². The Kier molecular flexibility index (Phi) is 8.00. The second-order valence-electron chi connectivity index (χ2n) is 8.52. The van der Waals surface area contributed by atoms with Crippen LogP contribution in [0, 0.1) is 5.82 Å². The van der Waals surface area contributed by atoms with E-state index in [-0.39, 0.29) is 19.0 Å². The van der Waals surface area contributed by atoms with Crippen LogP contribution in [-0.4, -0.2) is 25.6 Å². The Morgan fingerprint density at radius 2 is 1.50 bits per heavy atom. The molecule has 0 saturated carbocycles. The molecule has 0 aromatic heterocycles. The fourth-order valence-corrected chi connectivity index (χ4v) is 4.91. The number of carbonyl (C=O) groups excluding carboxylic acids is 1. The third-order valence-electron chi connectivity index (χ3n) is 5.41. The number of amides is 1. The van der Waals surface area contributed by atoms with E-state index in [9.17, 15) is 30.8 Å². The van der Waals surface area contributed by atoms with Crippen molar-refractivity contribution in [2.75, 3.05) is 6.54 Å². The molecule has 1 N–H and O–H groups in total. The maximum absolute atomic E-state index is 13.8. The molecule has 0 unspecified atom stereocenters. The molecule has 3 aromatic rings. The lowest BCUT2D eigenvalue weighted by Crippen LogP contribution is -2.37. The highest BCUT2D eigenvalue weighted by atomic mass is 35.5. The number of nitrogens with one attached hydrogen (secondary N) is 1. The number of benzene rings is 3. The van der Waals surface area contributed by atoms with Crippen molar-refractivity contribution in [2.24, 2.45) is 0 Å². The lowest BCUT2D eigenvalue weighted by Gasteiger charge is -2.25. The summed E-state index contributed by atoms with van der Waals surface area (Å²) >= 11 is 5.84. The molecule has 0 atom stereocenters. The van der Waals surface area contributed by atoms with Crippen LogP contribution in [0.15, 0.2) is 71.6 Å². The highest BCUT2D eigenvalue weighted by Gasteiger charge is 2.38. The van der Waals surface area contributed by atoms with Gasteiger partial charge in [0.2, 0.25) is 0 Å². The van der Waals surface area contributed by atoms with Crippen LogP contribution >= 0.6 is 11.6 Å². The largest absolute Gasteiger partial charge is 0.457 e. The minimum atomic E-state index is -4.90. The van der Waals surface area contributed by atoms with Crippen molar-refractivity contribution in [3.8, 4) is 11.5 Å². The minimum Gasteiger partial charge on any atom is -0.457 e. The molecule has 5 nitrogen and oxygen atoms in total. The van der Waals surface area contributed by atoms with Crippen LogP contribution in [0.2, 0.25) is 5.02 Å². The Morgan fingerprint density at radius 3 is 2.06 bits per heavy atom. The van der Waals surface area contributed by atoms with Gasteiger partial charge in [-0.15, -0.1) is 0 Å². The van der Waals surface area contributed by atoms with Gasteiger partial charge in [-0.2, -0.15) is 13.2 Å². The summed E-state index contributed by atoms with van der Waals surface area (Å²) in [5, 5.41) is 3.15. The van der Waals surface area contributed by atoms with Gasteiger partial charge in [0.15, 0.2) is 9.84 Å². The molecule has 0 aliphatic rings. The maximum Gasteiger partial charge on any atom is 0.416 e. The Hall–Kier alpha value is -3.11. The molecule has 0 bridgehead atoms. The Bertz CT molecular complexity index is 1340. The Morgan fingerprint density at radius 1 is 0.944 bits per heavy atom. The number of hydrogen-bond donors (Lipinski definition) is 1. The smallest absolute Gasteiger partial charge is 0.416 e. The number of alkyl halides is 3. The molecule has 0 saturated heterocycles. The molecule has 0 radical (unpaired) electrons. The molecular formula is C25H22ClF4NO4S. The van der Waals surface area contributed by atoms with Crippen molar-refractivity contribution in [1.29, 1.82) is 0 Å². The van der Waals surface area contributed by atoms with Gasteiger partial charge in [0.25, 0.3) is 5.91 Å². The first-order valence-electron chi connectivity index (χ1n) is 10.6. The van der Waals surface area contributed by atoms with E-state index >= 15 is 0 Å². The minimum absolute atomic E-state index is 0.0878. The van der Waals surface area contributed by atoms with Crippen LogP contribution < -0.4 is 10.1 Å². The lowest BCUT2D eigenvalue weighted by atomic mass is 10.1. The van der Waals surface area contributed by atoms with E-state index in [0.29, 0.717) is 34.2 Å². The second kappa shape index (κ2) is 10.5. The summed E-state index contributed by atoms with van der Waals surface area (Å²) in [7, 11) is -4.36. The van der Waals surface area contributed by atoms with E-state index in [1.54, 1.807) is 36.4 Å². The Labute approximate surface area is 211 Å². The average Bonchev–Trinajstić information content (AvgIpc) is 2.80. The van der Waals surface area contributed by atoms with Crippen LogP contribution in [0.4, 0.5) is 17.6 Å². The summed E-state index contributed by atoms with van der Waals surface area (Å²) in [5.41, 5.74) is -1.10. The van der Waals surface area contributed by atoms with Gasteiger partial charge in [-0.3, -0.25) is 4.79 Å². The first-order valence-corrected chi connectivity index (χ1v) is 12.5. The monoisotopic (exact) mass is 543 g/mol. The van der Waals surface area contributed by atoms with E-state index in [0.717, 1.165) is 0 Å². The van der Waals surface area contributed by atoms with Gasteiger partial charge in [-0.25, -0.2) is 12.8 Å². The zero-order valence-electron chi connectivity index (χ0n) is 19.2. The SMILES string of the molecule is CC(C)(CCNC(=O)c1ccc(Oc2ccc(Cl)cc2)cc1)S(=O)(=O)c1cc(F)cc(C(F)(F)F)c1. The van der Waals surface area contributed by atoms with Crippen molar-refractivity contribution < 1.29 is 35.5 Å². The highest BCUT2D eigenvalue weighted by molar-refractivity contribution is 7.92. The fourth-order valence-electron chi connectivity index (χ4n) is 3.23. The maximum atomic E-state index is 13.8. The number of carbonyl (C=O) groups is 1. The third kappa shape index (κ3) is 6.55. The van der Waals surface area contributed by atoms with Crippen molar-refractivity contribution >= 4 is 27.3 Å². The molecular weight excluding hydrogens is 522 g/mol. The highest BCUT2D eigenvalue weighted by Crippen LogP contribution is 2.35. The van der Waals surface area contributed by atoms with Crippen LogP contribution in [0.1, 0.15) is 36.2 Å². The fraction of sp³-hybridized carbons (Fsp3) is 0.240. The summed E-state index contributed by atoms with van der Waals surface area (Å²) in [5.74, 6) is -0.752. The van der Waals surface area contributed by atoms with Crippen LogP contribution in [0.25, 0.3) is 0 Å². The zero-order valence-corrected chi connectivity index (χ0v) is 20.8. The Balaban J connectivity index is 1.63. The molecule has 0 spiro atoms. The summed E-state index contributed by atoms with van der Waals surface area (Å²) in [6.45, 7) is 2.51. The van der Waals surface area contributed by atoms with Gasteiger partial charge in [-0.05, 0) is 87.0 Å². The first-order chi connectivity index (χ1) is 16.7. The van der Waals surface area contributed by atoms with Gasteiger partial charge >= 0.3 is 6.18 Å². The third-order valence-corrected chi connectivity index (χ3v) is 8.18. The number of halogens is 5. The molecule has 192 valence electrons. The van der Waals surface area contributed by atoms with Gasteiger partial charge in [0.1, 0.15) is 17.3 Å². The van der Waals surface area contributed by atoms with Crippen molar-refractivity contribution in [3.05, 3.63) is 88.7 Å². The summed E-state index contributed by atoms with van der Waals surface area (Å²) < 4.78 is 82.8. The second-order valence-corrected chi connectivity index (χ2v) is 11.5. The van der Waals surface area contributed by atoms with Gasteiger partial charge in [0.05, 0.1) is 15.2 Å². The molecule has 3 rings (SSSR count). The van der Waals surface area contributed by atoms with E-state index < -0.39 is 42.9 Å². The number of sulfone groups is 1. The molecule has 36 heavy (non-hydrogen) atoms. The first kappa shape index (κ1) is 27.5. The van der Waals surface area contributed by atoms with Crippen molar-refractivity contribution in [3.63, 3.8) is 0 Å². The number of hydrogen-bond acceptors (Lipinski definition) is 4. The van der Waals surface area contributed by atoms with Gasteiger partial charge in [0, 0.05) is 17.1 Å². The molecule has 0 aliphatic carbocycles. The number of rotatable bonds is 8. The lowest BCUT2D eigenvalue weighted by molar-refractivity contribution is -0.137. The summed E-state index contributed by atoms with van der Waals surface area (Å²) in [6.07, 6.45) is -5.03. The predicted octanol–water partition coefficient (Wildman–Crippen LogP) is 6.66. The molecule has 0 heterocycles. The zero-order chi connectivity index (χ0) is 26.7. The average molecular weight is 544 g/mol. The van der Waals surface area contributed by atoms with E-state index in [1.165, 1.54) is 26.0 Å². The molecule has 3 aromatic carbocycles. The van der Waals surface area contributed by atoms with E-state index in [2.05, 4.69) is 5.32 Å². The van der Waals surface area contributed by atoms with E-state index in [4.69, 9.17) is 16.3 Å². The normalized spacial score (nSPS) is 12.3. The van der Waals surface area contributed by atoms with Crippen LogP contribution in [0.5, 0.6) is 11.5 Å². The molecule has 0 aliphatic heterocycles. The topological polar surface area (TPSA) is 72.5 Å². The summed E-state index contributed by atoms with van der Waals surface area (Å²) in [6, 6.07) is 14.1. The molecule has 1 amide bonds. The predicted molar refractivity (Wildman–Crippen MR) is 128 cm³/mol. The van der Waals surface area contributed by atoms with Crippen molar-refractivity contribution in [1.82, 2.24) is 5.32 Å². The standard InChI is InChI=1S/C25H22ClF4NO4S/c1-24(2,36(33,34)22-14-17(25(28,29)30)13-19(27)15-22)11-12-31-23(32)16-3-7-20(8-4-16)35-21-9-5-18(26)6-10-21/h3-10,13-15H,11-12H2,1-2H3,(H,31,32). The molecule has 11 heteroatoms. The van der Waals surface area contributed by atoms with E-state index in [1.807, 2.05) is 0 Å².